The minimum Gasteiger partial charge on any atom is -0.489 e. The molecule has 6 nitrogen and oxygen atoms in total. The van der Waals surface area contributed by atoms with E-state index in [9.17, 15) is 13.6 Å². The normalized spacial score (nSPS) is 10.6. The van der Waals surface area contributed by atoms with Crippen LogP contribution < -0.4 is 15.4 Å². The molecule has 3 aromatic rings. The molecule has 0 radical (unpaired) electrons. The van der Waals surface area contributed by atoms with Crippen molar-refractivity contribution in [3.8, 4) is 5.75 Å². The highest BCUT2D eigenvalue weighted by atomic mass is 19.1. The SMILES string of the molecule is CC(C)Oc1ccccc1Nc1ccc(C(=O)Nc2c(F)cccc2F)nn1. The summed E-state index contributed by atoms with van der Waals surface area (Å²) in [7, 11) is 0. The summed E-state index contributed by atoms with van der Waals surface area (Å²) < 4.78 is 33.0. The molecule has 0 saturated heterocycles. The minimum absolute atomic E-state index is 0.00103. The van der Waals surface area contributed by atoms with Gasteiger partial charge in [-0.25, -0.2) is 8.78 Å². The molecular weight excluding hydrogens is 366 g/mol. The number of halogens is 2. The van der Waals surface area contributed by atoms with Gasteiger partial charge in [0.2, 0.25) is 0 Å². The number of hydrogen-bond acceptors (Lipinski definition) is 5. The summed E-state index contributed by atoms with van der Waals surface area (Å²) in [6.07, 6.45) is -0.00103. The topological polar surface area (TPSA) is 76.1 Å². The summed E-state index contributed by atoms with van der Waals surface area (Å²) in [6.45, 7) is 3.84. The first kappa shape index (κ1) is 19.2. The molecule has 0 unspecified atom stereocenters. The van der Waals surface area contributed by atoms with E-state index in [1.165, 1.54) is 18.2 Å². The number of nitrogens with zero attached hydrogens (tertiary/aromatic N) is 2. The maximum atomic E-state index is 13.6. The lowest BCUT2D eigenvalue weighted by molar-refractivity contribution is 0.102. The Morgan fingerprint density at radius 1 is 0.964 bits per heavy atom. The van der Waals surface area contributed by atoms with Crippen molar-refractivity contribution < 1.29 is 18.3 Å². The van der Waals surface area contributed by atoms with E-state index in [1.807, 2.05) is 38.1 Å². The predicted molar refractivity (Wildman–Crippen MR) is 102 cm³/mol. The number of carbonyl (C=O) groups is 1. The van der Waals surface area contributed by atoms with E-state index < -0.39 is 23.2 Å². The van der Waals surface area contributed by atoms with E-state index in [2.05, 4.69) is 20.8 Å². The number of aromatic nitrogens is 2. The molecule has 0 aliphatic carbocycles. The highest BCUT2D eigenvalue weighted by Crippen LogP contribution is 2.27. The van der Waals surface area contributed by atoms with Gasteiger partial charge in [-0.05, 0) is 50.2 Å². The van der Waals surface area contributed by atoms with Gasteiger partial charge in [0.25, 0.3) is 5.91 Å². The maximum absolute atomic E-state index is 13.6. The van der Waals surface area contributed by atoms with Crippen LogP contribution in [0.3, 0.4) is 0 Å². The van der Waals surface area contributed by atoms with Crippen molar-refractivity contribution in [2.45, 2.75) is 20.0 Å². The van der Waals surface area contributed by atoms with Gasteiger partial charge >= 0.3 is 0 Å². The maximum Gasteiger partial charge on any atom is 0.276 e. The lowest BCUT2D eigenvalue weighted by Crippen LogP contribution is -2.16. The molecule has 1 amide bonds. The van der Waals surface area contributed by atoms with Gasteiger partial charge in [-0.1, -0.05) is 18.2 Å². The molecule has 144 valence electrons. The zero-order chi connectivity index (χ0) is 20.1. The van der Waals surface area contributed by atoms with E-state index >= 15 is 0 Å². The van der Waals surface area contributed by atoms with E-state index in [4.69, 9.17) is 4.74 Å². The largest absolute Gasteiger partial charge is 0.489 e. The molecule has 28 heavy (non-hydrogen) atoms. The molecule has 0 fully saturated rings. The Labute approximate surface area is 160 Å². The fourth-order valence-electron chi connectivity index (χ4n) is 2.38. The molecule has 3 rings (SSSR count). The van der Waals surface area contributed by atoms with Crippen molar-refractivity contribution >= 4 is 23.1 Å². The van der Waals surface area contributed by atoms with Gasteiger partial charge in [-0.15, -0.1) is 10.2 Å². The lowest BCUT2D eigenvalue weighted by Gasteiger charge is -2.14. The summed E-state index contributed by atoms with van der Waals surface area (Å²) in [5, 5.41) is 13.0. The first-order valence-corrected chi connectivity index (χ1v) is 8.56. The first-order chi connectivity index (χ1) is 13.4. The molecule has 0 atom stereocenters. The van der Waals surface area contributed by atoms with Crippen LogP contribution in [0.15, 0.2) is 54.6 Å². The Balaban J connectivity index is 1.73. The fourth-order valence-corrected chi connectivity index (χ4v) is 2.38. The molecule has 1 heterocycles. The number of para-hydroxylation sites is 3. The van der Waals surface area contributed by atoms with Gasteiger partial charge < -0.3 is 15.4 Å². The van der Waals surface area contributed by atoms with Gasteiger partial charge in [-0.2, -0.15) is 0 Å². The molecular formula is C20H18F2N4O2. The van der Waals surface area contributed by atoms with Crippen LogP contribution in [-0.2, 0) is 0 Å². The average Bonchev–Trinajstić information content (AvgIpc) is 2.66. The van der Waals surface area contributed by atoms with E-state index in [0.29, 0.717) is 17.3 Å². The monoisotopic (exact) mass is 384 g/mol. The Hall–Kier alpha value is -3.55. The van der Waals surface area contributed by atoms with Crippen molar-refractivity contribution in [2.75, 3.05) is 10.6 Å². The highest BCUT2D eigenvalue weighted by Gasteiger charge is 2.15. The third-order valence-corrected chi connectivity index (χ3v) is 3.61. The van der Waals surface area contributed by atoms with Crippen LogP contribution in [0.25, 0.3) is 0 Å². The van der Waals surface area contributed by atoms with Crippen LogP contribution in [-0.4, -0.2) is 22.2 Å². The predicted octanol–water partition coefficient (Wildman–Crippen LogP) is 4.54. The lowest BCUT2D eigenvalue weighted by atomic mass is 10.2. The van der Waals surface area contributed by atoms with E-state index in [1.54, 1.807) is 0 Å². The summed E-state index contributed by atoms with van der Waals surface area (Å²) in [5.41, 5.74) is 0.0762. The number of anilines is 3. The molecule has 1 aromatic heterocycles. The molecule has 0 saturated carbocycles. The Morgan fingerprint density at radius 3 is 2.32 bits per heavy atom. The second-order valence-corrected chi connectivity index (χ2v) is 6.14. The van der Waals surface area contributed by atoms with Crippen molar-refractivity contribution in [3.05, 3.63) is 71.9 Å². The number of rotatable bonds is 6. The summed E-state index contributed by atoms with van der Waals surface area (Å²) in [4.78, 5) is 12.2. The summed E-state index contributed by atoms with van der Waals surface area (Å²) >= 11 is 0. The van der Waals surface area contributed by atoms with Gasteiger partial charge in [0.1, 0.15) is 23.1 Å². The fraction of sp³-hybridized carbons (Fsp3) is 0.150. The Bertz CT molecular complexity index is 958. The van der Waals surface area contributed by atoms with Crippen molar-refractivity contribution in [3.63, 3.8) is 0 Å². The van der Waals surface area contributed by atoms with Crippen LogP contribution in [0.5, 0.6) is 5.75 Å². The average molecular weight is 384 g/mol. The van der Waals surface area contributed by atoms with E-state index in [-0.39, 0.29) is 11.8 Å². The van der Waals surface area contributed by atoms with Gasteiger partial charge in [-0.3, -0.25) is 4.79 Å². The highest BCUT2D eigenvalue weighted by molar-refractivity contribution is 6.02. The molecule has 8 heteroatoms. The number of carbonyl (C=O) groups excluding carboxylic acids is 1. The molecule has 0 bridgehead atoms. The molecule has 2 aromatic carbocycles. The number of hydrogen-bond donors (Lipinski definition) is 2. The Kier molecular flexibility index (Phi) is 5.78. The standard InChI is InChI=1S/C20H18F2N4O2/c1-12(2)28-17-9-4-3-8-15(17)23-18-11-10-16(25-26-18)20(27)24-19-13(21)6-5-7-14(19)22/h3-12H,1-2H3,(H,23,26)(H,24,27). The number of nitrogens with one attached hydrogen (secondary N) is 2. The molecule has 2 N–H and O–H groups in total. The third-order valence-electron chi connectivity index (χ3n) is 3.61. The van der Waals surface area contributed by atoms with Crippen LogP contribution in [0.1, 0.15) is 24.3 Å². The second kappa shape index (κ2) is 8.43. The summed E-state index contributed by atoms with van der Waals surface area (Å²) in [6, 6.07) is 13.6. The molecule has 0 aliphatic heterocycles. The minimum atomic E-state index is -0.874. The van der Waals surface area contributed by atoms with Gasteiger partial charge in [0, 0.05) is 0 Å². The Morgan fingerprint density at radius 2 is 1.68 bits per heavy atom. The van der Waals surface area contributed by atoms with Crippen LogP contribution in [0.4, 0.5) is 26.0 Å². The zero-order valence-corrected chi connectivity index (χ0v) is 15.2. The van der Waals surface area contributed by atoms with Crippen molar-refractivity contribution in [2.24, 2.45) is 0 Å². The molecule has 0 aliphatic rings. The van der Waals surface area contributed by atoms with Crippen molar-refractivity contribution in [1.29, 1.82) is 0 Å². The van der Waals surface area contributed by atoms with Crippen molar-refractivity contribution in [1.82, 2.24) is 10.2 Å². The van der Waals surface area contributed by atoms with E-state index in [0.717, 1.165) is 12.1 Å². The van der Waals surface area contributed by atoms with Gasteiger partial charge in [0.15, 0.2) is 11.5 Å². The third kappa shape index (κ3) is 4.59. The number of benzene rings is 2. The van der Waals surface area contributed by atoms with Crippen LogP contribution in [0, 0.1) is 11.6 Å². The molecule has 0 spiro atoms. The second-order valence-electron chi connectivity index (χ2n) is 6.14. The first-order valence-electron chi connectivity index (χ1n) is 8.56. The smallest absolute Gasteiger partial charge is 0.276 e. The van der Waals surface area contributed by atoms with Crippen LogP contribution in [0.2, 0.25) is 0 Å². The quantitative estimate of drug-likeness (QED) is 0.653. The van der Waals surface area contributed by atoms with Gasteiger partial charge in [0.05, 0.1) is 11.8 Å². The number of amides is 1. The number of ether oxygens (including phenoxy) is 1. The summed E-state index contributed by atoms with van der Waals surface area (Å²) in [5.74, 6) is -1.49. The van der Waals surface area contributed by atoms with Crippen LogP contribution >= 0.6 is 0 Å². The zero-order valence-electron chi connectivity index (χ0n) is 15.2.